The van der Waals surface area contributed by atoms with Crippen molar-refractivity contribution in [2.75, 3.05) is 0 Å². The van der Waals surface area contributed by atoms with Gasteiger partial charge in [-0.05, 0) is 92.0 Å². The molecule has 0 spiro atoms. The van der Waals surface area contributed by atoms with E-state index in [4.69, 9.17) is 14.5 Å². The van der Waals surface area contributed by atoms with E-state index in [-0.39, 0.29) is 0 Å². The van der Waals surface area contributed by atoms with Crippen LogP contribution >= 0.6 is 0 Å². The maximum Gasteiger partial charge on any atom is 0.170 e. The van der Waals surface area contributed by atoms with Gasteiger partial charge in [-0.15, -0.1) is 0 Å². The van der Waals surface area contributed by atoms with Crippen molar-refractivity contribution in [2.45, 2.75) is 5.41 Å². The highest BCUT2D eigenvalue weighted by atomic mass is 16.6. The van der Waals surface area contributed by atoms with Gasteiger partial charge in [0.05, 0.1) is 16.6 Å². The first kappa shape index (κ1) is 31.3. The summed E-state index contributed by atoms with van der Waals surface area (Å²) in [6.45, 7) is 0. The number of rotatable bonds is 5. The predicted octanol–water partition coefficient (Wildman–Crippen LogP) is 13.5. The van der Waals surface area contributed by atoms with Gasteiger partial charge >= 0.3 is 0 Å². The minimum Gasteiger partial charge on any atom is -0.450 e. The normalized spacial score (nSPS) is 13.2. The highest BCUT2D eigenvalue weighted by molar-refractivity contribution is 6.00. The van der Waals surface area contributed by atoms with E-state index >= 15 is 0 Å². The number of ether oxygens (including phenoxy) is 2. The lowest BCUT2D eigenvalue weighted by molar-refractivity contribution is 0.359. The van der Waals surface area contributed by atoms with Crippen LogP contribution in [-0.4, -0.2) is 4.98 Å². The second-order valence-electron chi connectivity index (χ2n) is 14.2. The summed E-state index contributed by atoms with van der Waals surface area (Å²) in [7, 11) is 0. The maximum atomic E-state index is 6.80. The fraction of sp³-hybridized carbons (Fsp3) is 0.0192. The molecule has 3 heteroatoms. The number of pyridine rings is 1. The van der Waals surface area contributed by atoms with Gasteiger partial charge in [-0.3, -0.25) is 0 Å². The fourth-order valence-electron chi connectivity index (χ4n) is 8.81. The lowest BCUT2D eigenvalue weighted by Crippen LogP contribution is -2.28. The molecule has 258 valence electrons. The van der Waals surface area contributed by atoms with E-state index in [0.29, 0.717) is 23.0 Å². The third-order valence-corrected chi connectivity index (χ3v) is 11.2. The fourth-order valence-corrected chi connectivity index (χ4v) is 8.81. The van der Waals surface area contributed by atoms with E-state index in [0.717, 1.165) is 50.0 Å². The van der Waals surface area contributed by atoms with Crippen LogP contribution in [0.15, 0.2) is 200 Å². The Labute approximate surface area is 319 Å². The molecule has 0 radical (unpaired) electrons. The van der Waals surface area contributed by atoms with Gasteiger partial charge in [0.1, 0.15) is 0 Å². The highest BCUT2D eigenvalue weighted by Crippen LogP contribution is 2.60. The summed E-state index contributed by atoms with van der Waals surface area (Å²) in [5.74, 6) is 2.80. The minimum absolute atomic E-state index is 0.513. The average Bonchev–Trinajstić information content (AvgIpc) is 3.55. The molecule has 0 saturated heterocycles. The summed E-state index contributed by atoms with van der Waals surface area (Å²) in [6, 6.07) is 70.6. The van der Waals surface area contributed by atoms with Crippen molar-refractivity contribution in [1.29, 1.82) is 0 Å². The number of hydrogen-bond acceptors (Lipinski definition) is 3. The minimum atomic E-state index is -0.513. The second kappa shape index (κ2) is 12.4. The largest absolute Gasteiger partial charge is 0.450 e. The highest BCUT2D eigenvalue weighted by Gasteiger charge is 2.47. The molecule has 11 rings (SSSR count). The summed E-state index contributed by atoms with van der Waals surface area (Å²) < 4.78 is 13.5. The third-order valence-electron chi connectivity index (χ3n) is 11.2. The molecule has 2 heterocycles. The number of hydrogen-bond donors (Lipinski definition) is 0. The van der Waals surface area contributed by atoms with Crippen molar-refractivity contribution in [3.05, 3.63) is 222 Å². The summed E-state index contributed by atoms with van der Waals surface area (Å²) in [4.78, 5) is 5.06. The van der Waals surface area contributed by atoms with Crippen molar-refractivity contribution in [3.63, 3.8) is 0 Å². The quantitative estimate of drug-likeness (QED) is 0.179. The Hall–Kier alpha value is -7.23. The maximum absolute atomic E-state index is 6.80. The number of aromatic nitrogens is 1. The van der Waals surface area contributed by atoms with E-state index in [1.807, 2.05) is 24.3 Å². The van der Waals surface area contributed by atoms with Gasteiger partial charge in [0.25, 0.3) is 0 Å². The van der Waals surface area contributed by atoms with Gasteiger partial charge in [-0.2, -0.15) is 0 Å². The van der Waals surface area contributed by atoms with Gasteiger partial charge in [0, 0.05) is 10.9 Å². The zero-order valence-corrected chi connectivity index (χ0v) is 29.8. The van der Waals surface area contributed by atoms with Crippen LogP contribution in [-0.2, 0) is 5.41 Å². The first-order valence-electron chi connectivity index (χ1n) is 18.7. The molecule has 0 saturated carbocycles. The summed E-state index contributed by atoms with van der Waals surface area (Å²) >= 11 is 0. The molecular weight excluding hydrogens is 671 g/mol. The molecule has 1 aromatic heterocycles. The Balaban J connectivity index is 1.01. The van der Waals surface area contributed by atoms with Gasteiger partial charge in [0.15, 0.2) is 23.0 Å². The Morgan fingerprint density at radius 1 is 0.345 bits per heavy atom. The summed E-state index contributed by atoms with van der Waals surface area (Å²) in [5, 5.41) is 1.11. The van der Waals surface area contributed by atoms with E-state index in [2.05, 4.69) is 176 Å². The molecule has 0 amide bonds. The van der Waals surface area contributed by atoms with Crippen LogP contribution in [0.5, 0.6) is 23.0 Å². The number of fused-ring (bicyclic) bond motifs is 6. The Morgan fingerprint density at radius 2 is 0.945 bits per heavy atom. The summed E-state index contributed by atoms with van der Waals surface area (Å²) in [5.41, 5.74) is 14.2. The molecule has 0 atom stereocenters. The van der Waals surface area contributed by atoms with Gasteiger partial charge < -0.3 is 9.47 Å². The monoisotopic (exact) mass is 703 g/mol. The SMILES string of the molecule is c1ccc(-c2ccc3c(-c4ccccc4-c4ccc5c(c4)Oc4cc6c(cc4O5)C(c4ccccc4)(c4ccccc4)c4ccccc4-6)cccc3n2)cc1. The molecule has 1 aliphatic heterocycles. The van der Waals surface area contributed by atoms with Crippen LogP contribution in [0, 0.1) is 0 Å². The smallest absolute Gasteiger partial charge is 0.170 e. The molecule has 8 aromatic carbocycles. The topological polar surface area (TPSA) is 31.4 Å². The lowest BCUT2D eigenvalue weighted by atomic mass is 9.67. The molecular formula is C52H33NO2. The number of benzene rings is 8. The van der Waals surface area contributed by atoms with Crippen molar-refractivity contribution >= 4 is 10.9 Å². The van der Waals surface area contributed by atoms with Crippen LogP contribution < -0.4 is 9.47 Å². The Morgan fingerprint density at radius 3 is 1.71 bits per heavy atom. The van der Waals surface area contributed by atoms with Crippen LogP contribution in [0.1, 0.15) is 22.3 Å². The van der Waals surface area contributed by atoms with Crippen LogP contribution in [0.3, 0.4) is 0 Å². The van der Waals surface area contributed by atoms with E-state index in [1.165, 1.54) is 27.8 Å². The molecule has 0 fully saturated rings. The van der Waals surface area contributed by atoms with Crippen molar-refractivity contribution in [3.8, 4) is 67.6 Å². The zero-order valence-electron chi connectivity index (χ0n) is 29.8. The van der Waals surface area contributed by atoms with Gasteiger partial charge in [-0.1, -0.05) is 164 Å². The van der Waals surface area contributed by atoms with Crippen LogP contribution in [0.25, 0.3) is 55.5 Å². The Bertz CT molecular complexity index is 2880. The molecule has 0 unspecified atom stereocenters. The molecule has 2 aliphatic rings. The molecule has 55 heavy (non-hydrogen) atoms. The molecule has 0 bridgehead atoms. The summed E-state index contributed by atoms with van der Waals surface area (Å²) in [6.07, 6.45) is 0. The molecule has 1 aliphatic carbocycles. The lowest BCUT2D eigenvalue weighted by Gasteiger charge is -2.34. The number of nitrogens with zero attached hydrogens (tertiary/aromatic N) is 1. The zero-order chi connectivity index (χ0) is 36.3. The average molecular weight is 704 g/mol. The van der Waals surface area contributed by atoms with Crippen LogP contribution in [0.4, 0.5) is 0 Å². The Kier molecular flexibility index (Phi) is 7.08. The molecule has 9 aromatic rings. The standard InChI is InChI=1S/C52H33NO2/c1-4-15-34(16-5-1)46-29-28-42-40(24-14-26-47(42)53-46)39-22-11-10-21-38(39)35-27-30-48-49(31-35)55-50-32-43-41-23-12-13-25-44(41)52(36-17-6-2-7-18-36,37-19-8-3-9-20-37)45(43)33-51(50)54-48/h1-33H. The first-order valence-corrected chi connectivity index (χ1v) is 18.7. The molecule has 0 N–H and O–H groups in total. The van der Waals surface area contributed by atoms with E-state index < -0.39 is 5.41 Å². The van der Waals surface area contributed by atoms with Gasteiger partial charge in [-0.25, -0.2) is 4.98 Å². The third kappa shape index (κ3) is 4.87. The van der Waals surface area contributed by atoms with Gasteiger partial charge in [0.2, 0.25) is 0 Å². The second-order valence-corrected chi connectivity index (χ2v) is 14.2. The van der Waals surface area contributed by atoms with Crippen molar-refractivity contribution in [1.82, 2.24) is 4.98 Å². The van der Waals surface area contributed by atoms with Crippen molar-refractivity contribution in [2.24, 2.45) is 0 Å². The predicted molar refractivity (Wildman–Crippen MR) is 222 cm³/mol. The van der Waals surface area contributed by atoms with E-state index in [1.54, 1.807) is 0 Å². The molecule has 3 nitrogen and oxygen atoms in total. The first-order chi connectivity index (χ1) is 27.3. The van der Waals surface area contributed by atoms with Crippen LogP contribution in [0.2, 0.25) is 0 Å². The van der Waals surface area contributed by atoms with Crippen molar-refractivity contribution < 1.29 is 9.47 Å². The van der Waals surface area contributed by atoms with E-state index in [9.17, 15) is 0 Å².